The number of pyridine rings is 1. The molecule has 1 saturated heterocycles. The minimum Gasteiger partial charge on any atom is -0.447 e. The van der Waals surface area contributed by atoms with Gasteiger partial charge in [0.2, 0.25) is 0 Å². The van der Waals surface area contributed by atoms with Gasteiger partial charge in [-0.2, -0.15) is 0 Å². The molecule has 1 amide bonds. The molecule has 7 heteroatoms. The fourth-order valence-corrected chi connectivity index (χ4v) is 4.11. The summed E-state index contributed by atoms with van der Waals surface area (Å²) in [4.78, 5) is 29.8. The molecule has 0 aliphatic carbocycles. The van der Waals surface area contributed by atoms with Crippen LogP contribution < -0.4 is 9.80 Å². The molecule has 1 aromatic carbocycles. The molecule has 3 aromatic rings. The highest BCUT2D eigenvalue weighted by Crippen LogP contribution is 2.32. The molecule has 0 radical (unpaired) electrons. The van der Waals surface area contributed by atoms with Gasteiger partial charge in [-0.05, 0) is 42.2 Å². The van der Waals surface area contributed by atoms with Gasteiger partial charge in [0, 0.05) is 42.8 Å². The number of hydrogen-bond donors (Lipinski definition) is 0. The van der Waals surface area contributed by atoms with Gasteiger partial charge in [0.15, 0.2) is 5.82 Å². The quantitative estimate of drug-likeness (QED) is 0.665. The molecule has 0 bridgehead atoms. The summed E-state index contributed by atoms with van der Waals surface area (Å²) >= 11 is 0. The molecule has 1 fully saturated rings. The molecule has 0 atom stereocenters. The Morgan fingerprint density at radius 3 is 2.73 bits per heavy atom. The number of hydrogen-bond acceptors (Lipinski definition) is 6. The van der Waals surface area contributed by atoms with Crippen LogP contribution in [0.1, 0.15) is 23.7 Å². The number of carbonyl (C=O) groups is 1. The summed E-state index contributed by atoms with van der Waals surface area (Å²) in [6.07, 6.45) is 4.97. The largest absolute Gasteiger partial charge is 0.447 e. The molecule has 0 unspecified atom stereocenters. The van der Waals surface area contributed by atoms with E-state index in [9.17, 15) is 4.79 Å². The standard InChI is InChI=1S/C23H23N5O2/c1-2-18-14-21(26-22(25-18)16-6-9-24-10-7-16)27-11-8-19-17(15-27)4-3-5-20(19)28-12-13-30-23(28)29/h3-7,9-10,14H,2,8,11-13,15H2,1H3. The lowest BCUT2D eigenvalue weighted by Crippen LogP contribution is -2.33. The number of ether oxygens (including phenoxy) is 1. The van der Waals surface area contributed by atoms with E-state index < -0.39 is 0 Å². The molecule has 152 valence electrons. The minimum absolute atomic E-state index is 0.254. The van der Waals surface area contributed by atoms with Crippen LogP contribution in [0.25, 0.3) is 11.4 Å². The van der Waals surface area contributed by atoms with Crippen molar-refractivity contribution in [3.05, 3.63) is 65.6 Å². The van der Waals surface area contributed by atoms with Gasteiger partial charge in [0.05, 0.1) is 12.2 Å². The van der Waals surface area contributed by atoms with Gasteiger partial charge < -0.3 is 9.64 Å². The smallest absolute Gasteiger partial charge is 0.414 e. The van der Waals surface area contributed by atoms with Gasteiger partial charge >= 0.3 is 6.09 Å². The van der Waals surface area contributed by atoms with E-state index in [0.717, 1.165) is 54.5 Å². The molecule has 7 nitrogen and oxygen atoms in total. The van der Waals surface area contributed by atoms with Crippen molar-refractivity contribution in [2.75, 3.05) is 29.5 Å². The monoisotopic (exact) mass is 401 g/mol. The van der Waals surface area contributed by atoms with Crippen LogP contribution in [-0.4, -0.2) is 40.7 Å². The van der Waals surface area contributed by atoms with Crippen LogP contribution in [0.15, 0.2) is 48.8 Å². The Morgan fingerprint density at radius 1 is 1.10 bits per heavy atom. The summed E-state index contributed by atoms with van der Waals surface area (Å²) in [7, 11) is 0. The van der Waals surface area contributed by atoms with E-state index in [1.54, 1.807) is 17.3 Å². The summed E-state index contributed by atoms with van der Waals surface area (Å²) in [5.41, 5.74) is 5.41. The molecule has 4 heterocycles. The van der Waals surface area contributed by atoms with Crippen molar-refractivity contribution in [2.24, 2.45) is 0 Å². The SMILES string of the molecule is CCc1cc(N2CCc3c(cccc3N3CCOC3=O)C2)nc(-c2ccncc2)n1. The summed E-state index contributed by atoms with van der Waals surface area (Å²) < 4.78 is 5.14. The van der Waals surface area contributed by atoms with E-state index in [4.69, 9.17) is 14.7 Å². The maximum atomic E-state index is 12.1. The first-order chi connectivity index (χ1) is 14.7. The number of aromatic nitrogens is 3. The number of benzene rings is 1. The van der Waals surface area contributed by atoms with Gasteiger partial charge in [0.25, 0.3) is 0 Å². The summed E-state index contributed by atoms with van der Waals surface area (Å²) in [6, 6.07) is 12.1. The average Bonchev–Trinajstić information content (AvgIpc) is 3.24. The van der Waals surface area contributed by atoms with Crippen LogP contribution in [0.5, 0.6) is 0 Å². The van der Waals surface area contributed by atoms with Crippen LogP contribution in [0, 0.1) is 0 Å². The second kappa shape index (κ2) is 7.74. The maximum Gasteiger partial charge on any atom is 0.414 e. The van der Waals surface area contributed by atoms with Gasteiger partial charge in [0.1, 0.15) is 12.4 Å². The third-order valence-corrected chi connectivity index (χ3v) is 5.68. The van der Waals surface area contributed by atoms with E-state index in [1.807, 2.05) is 24.3 Å². The van der Waals surface area contributed by atoms with Crippen LogP contribution in [0.3, 0.4) is 0 Å². The fourth-order valence-electron chi connectivity index (χ4n) is 4.11. The zero-order valence-corrected chi connectivity index (χ0v) is 16.9. The van der Waals surface area contributed by atoms with Gasteiger partial charge in [-0.25, -0.2) is 14.8 Å². The van der Waals surface area contributed by atoms with Crippen molar-refractivity contribution in [2.45, 2.75) is 26.3 Å². The van der Waals surface area contributed by atoms with Crippen LogP contribution in [0.2, 0.25) is 0 Å². The zero-order valence-electron chi connectivity index (χ0n) is 16.9. The topological polar surface area (TPSA) is 71.5 Å². The van der Waals surface area contributed by atoms with E-state index >= 15 is 0 Å². The average molecular weight is 401 g/mol. The van der Waals surface area contributed by atoms with E-state index in [-0.39, 0.29) is 6.09 Å². The van der Waals surface area contributed by atoms with Crippen LogP contribution in [0.4, 0.5) is 16.3 Å². The van der Waals surface area contributed by atoms with Crippen molar-refractivity contribution in [1.29, 1.82) is 0 Å². The normalized spacial score (nSPS) is 15.8. The highest BCUT2D eigenvalue weighted by molar-refractivity contribution is 5.90. The Kier molecular flexibility index (Phi) is 4.78. The number of rotatable bonds is 4. The van der Waals surface area contributed by atoms with Gasteiger partial charge in [-0.15, -0.1) is 0 Å². The Balaban J connectivity index is 1.47. The number of anilines is 2. The molecule has 0 saturated carbocycles. The van der Waals surface area contributed by atoms with Crippen molar-refractivity contribution < 1.29 is 9.53 Å². The van der Waals surface area contributed by atoms with Gasteiger partial charge in [-0.1, -0.05) is 19.1 Å². The number of fused-ring (bicyclic) bond motifs is 1. The van der Waals surface area contributed by atoms with Crippen molar-refractivity contribution in [3.8, 4) is 11.4 Å². The molecule has 5 rings (SSSR count). The Hall–Kier alpha value is -3.48. The van der Waals surface area contributed by atoms with Crippen molar-refractivity contribution >= 4 is 17.6 Å². The van der Waals surface area contributed by atoms with E-state index in [2.05, 4.69) is 28.9 Å². The number of amides is 1. The Bertz CT molecular complexity index is 1090. The molecule has 30 heavy (non-hydrogen) atoms. The first kappa shape index (κ1) is 18.5. The van der Waals surface area contributed by atoms with Crippen LogP contribution >= 0.6 is 0 Å². The maximum absolute atomic E-state index is 12.1. The zero-order chi connectivity index (χ0) is 20.5. The number of aryl methyl sites for hydroxylation is 1. The first-order valence-electron chi connectivity index (χ1n) is 10.3. The summed E-state index contributed by atoms with van der Waals surface area (Å²) in [5, 5.41) is 0. The molecular weight excluding hydrogens is 378 g/mol. The molecule has 2 aliphatic rings. The van der Waals surface area contributed by atoms with Crippen molar-refractivity contribution in [1.82, 2.24) is 15.0 Å². The molecule has 2 aromatic heterocycles. The second-order valence-corrected chi connectivity index (χ2v) is 7.48. The van der Waals surface area contributed by atoms with E-state index in [0.29, 0.717) is 13.2 Å². The molecular formula is C23H23N5O2. The Labute approximate surface area is 175 Å². The highest BCUT2D eigenvalue weighted by Gasteiger charge is 2.29. The summed E-state index contributed by atoms with van der Waals surface area (Å²) in [6.45, 7) is 4.76. The molecule has 0 spiro atoms. The first-order valence-corrected chi connectivity index (χ1v) is 10.3. The van der Waals surface area contributed by atoms with E-state index in [1.165, 1.54) is 11.1 Å². The minimum atomic E-state index is -0.254. The number of carbonyl (C=O) groups excluding carboxylic acids is 1. The molecule has 2 aliphatic heterocycles. The third kappa shape index (κ3) is 3.36. The lowest BCUT2D eigenvalue weighted by molar-refractivity contribution is 0.181. The predicted molar refractivity (Wildman–Crippen MR) is 115 cm³/mol. The molecule has 0 N–H and O–H groups in total. The fraction of sp³-hybridized carbons (Fsp3) is 0.304. The lowest BCUT2D eigenvalue weighted by atomic mass is 9.97. The second-order valence-electron chi connectivity index (χ2n) is 7.48. The lowest BCUT2D eigenvalue weighted by Gasteiger charge is -2.32. The predicted octanol–water partition coefficient (Wildman–Crippen LogP) is 3.62. The summed E-state index contributed by atoms with van der Waals surface area (Å²) in [5.74, 6) is 1.66. The number of nitrogens with zero attached hydrogens (tertiary/aromatic N) is 5. The van der Waals surface area contributed by atoms with Crippen molar-refractivity contribution in [3.63, 3.8) is 0 Å². The third-order valence-electron chi connectivity index (χ3n) is 5.68. The van der Waals surface area contributed by atoms with Crippen LogP contribution in [-0.2, 0) is 24.1 Å². The Morgan fingerprint density at radius 2 is 1.97 bits per heavy atom. The van der Waals surface area contributed by atoms with Gasteiger partial charge in [-0.3, -0.25) is 9.88 Å². The highest BCUT2D eigenvalue weighted by atomic mass is 16.6. The number of cyclic esters (lactones) is 1.